The largest absolute Gasteiger partial charge is 0.446 e. The van der Waals surface area contributed by atoms with Crippen LogP contribution in [0.25, 0.3) is 0 Å². The first kappa shape index (κ1) is 39.0. The van der Waals surface area contributed by atoms with Gasteiger partial charge in [-0.25, -0.2) is 9.59 Å². The van der Waals surface area contributed by atoms with Gasteiger partial charge in [0.2, 0.25) is 0 Å². The van der Waals surface area contributed by atoms with E-state index in [-0.39, 0.29) is 30.3 Å². The number of hydrogen-bond acceptors (Lipinski definition) is 7. The van der Waals surface area contributed by atoms with Gasteiger partial charge in [0.05, 0.1) is 26.4 Å². The molecule has 4 aliphatic carbocycles. The smallest absolute Gasteiger partial charge is 0.407 e. The molecule has 0 heterocycles. The van der Waals surface area contributed by atoms with Crippen molar-refractivity contribution >= 4 is 12.2 Å². The van der Waals surface area contributed by atoms with E-state index < -0.39 is 6.09 Å². The third-order valence-corrected chi connectivity index (χ3v) is 12.8. The highest BCUT2D eigenvalue weighted by Gasteiger charge is 2.59. The maximum atomic E-state index is 12.6. The molecule has 0 bridgehead atoms. The zero-order valence-electron chi connectivity index (χ0n) is 31.0. The van der Waals surface area contributed by atoms with Crippen molar-refractivity contribution in [1.82, 2.24) is 10.6 Å². The summed E-state index contributed by atoms with van der Waals surface area (Å²) in [5.74, 6) is 4.97. The van der Waals surface area contributed by atoms with Crippen molar-refractivity contribution in [2.45, 2.75) is 131 Å². The fourth-order valence-electron chi connectivity index (χ4n) is 10.2. The molecule has 3 saturated carbocycles. The molecule has 6 unspecified atom stereocenters. The van der Waals surface area contributed by atoms with E-state index in [1.807, 2.05) is 0 Å². The molecule has 0 aliphatic heterocycles. The number of carbonyl (C=O) groups is 2. The number of rotatable bonds is 18. The monoisotopic (exact) mass is 677 g/mol. The van der Waals surface area contributed by atoms with Crippen molar-refractivity contribution < 1.29 is 33.6 Å². The third-order valence-electron chi connectivity index (χ3n) is 12.8. The van der Waals surface area contributed by atoms with Gasteiger partial charge in [0.15, 0.2) is 0 Å². The van der Waals surface area contributed by atoms with E-state index in [2.05, 4.69) is 51.3 Å². The number of ether oxygens (including phenoxy) is 4. The highest BCUT2D eigenvalue weighted by atomic mass is 16.6. The number of alkyl carbamates (subject to hydrolysis) is 2. The number of aliphatic hydroxyl groups excluding tert-OH is 1. The van der Waals surface area contributed by atoms with Crippen molar-refractivity contribution in [3.8, 4) is 0 Å². The van der Waals surface area contributed by atoms with Crippen LogP contribution in [-0.2, 0) is 18.9 Å². The van der Waals surface area contributed by atoms with E-state index in [0.29, 0.717) is 51.4 Å². The van der Waals surface area contributed by atoms with Crippen molar-refractivity contribution in [1.29, 1.82) is 0 Å². The van der Waals surface area contributed by atoms with Crippen LogP contribution in [0.1, 0.15) is 119 Å². The Bertz CT molecular complexity index is 1050. The fraction of sp³-hybridized carbons (Fsp3) is 0.897. The van der Waals surface area contributed by atoms with Gasteiger partial charge in [-0.3, -0.25) is 0 Å². The molecule has 0 aromatic carbocycles. The lowest BCUT2D eigenvalue weighted by Crippen LogP contribution is -2.51. The van der Waals surface area contributed by atoms with E-state index in [1.54, 1.807) is 12.5 Å². The molecule has 0 saturated heterocycles. The Hall–Kier alpha value is -1.84. The summed E-state index contributed by atoms with van der Waals surface area (Å²) in [6.07, 6.45) is 15.5. The predicted molar refractivity (Wildman–Crippen MR) is 189 cm³/mol. The number of aliphatic hydroxyl groups is 1. The molecule has 0 aromatic heterocycles. The standard InChI is InChI=1S/C39H68N2O7/c1-27(2)8-7-9-28(3)33-12-13-34-32-11-10-30-26-31(14-17-38(30,5)35(32)15-18-39(33,34)6)48-37(44)41-20-23-46-25-24-45-22-19-40-36(43)47-29(4)16-21-42/h10,27-29,31-35,42H,7-9,11-26H2,1-6H3,(H,40,43)(H,41,44)/t28?,29?,31-,32?,33?,34?,35?,38-,39+/m0/s1. The summed E-state index contributed by atoms with van der Waals surface area (Å²) in [5.41, 5.74) is 2.29. The first-order valence-electron chi connectivity index (χ1n) is 19.3. The van der Waals surface area contributed by atoms with E-state index in [0.717, 1.165) is 54.8 Å². The lowest BCUT2D eigenvalue weighted by molar-refractivity contribution is -0.0581. The summed E-state index contributed by atoms with van der Waals surface area (Å²) in [4.78, 5) is 24.2. The lowest BCUT2D eigenvalue weighted by atomic mass is 9.47. The molecule has 2 amide bonds. The van der Waals surface area contributed by atoms with E-state index in [1.165, 1.54) is 51.4 Å². The van der Waals surface area contributed by atoms with Crippen LogP contribution in [0.4, 0.5) is 9.59 Å². The van der Waals surface area contributed by atoms with Gasteiger partial charge in [0, 0.05) is 32.5 Å². The molecule has 48 heavy (non-hydrogen) atoms. The predicted octanol–water partition coefficient (Wildman–Crippen LogP) is 7.65. The van der Waals surface area contributed by atoms with Crippen LogP contribution in [0, 0.1) is 46.3 Å². The van der Waals surface area contributed by atoms with Gasteiger partial charge in [0.25, 0.3) is 0 Å². The van der Waals surface area contributed by atoms with Gasteiger partial charge < -0.3 is 34.7 Å². The Labute approximate surface area is 291 Å². The molecule has 0 spiro atoms. The zero-order chi connectivity index (χ0) is 34.7. The highest BCUT2D eigenvalue weighted by molar-refractivity contribution is 5.67. The Morgan fingerprint density at radius 3 is 2.27 bits per heavy atom. The fourth-order valence-corrected chi connectivity index (χ4v) is 10.2. The molecule has 3 N–H and O–H groups in total. The van der Waals surface area contributed by atoms with Gasteiger partial charge in [-0.2, -0.15) is 0 Å². The minimum absolute atomic E-state index is 0.0214. The van der Waals surface area contributed by atoms with E-state index in [4.69, 9.17) is 24.1 Å². The first-order valence-corrected chi connectivity index (χ1v) is 19.3. The summed E-state index contributed by atoms with van der Waals surface area (Å²) >= 11 is 0. The summed E-state index contributed by atoms with van der Waals surface area (Å²) in [6.45, 7) is 16.4. The number of carbonyl (C=O) groups excluding carboxylic acids is 2. The first-order chi connectivity index (χ1) is 23.0. The van der Waals surface area contributed by atoms with Gasteiger partial charge in [0.1, 0.15) is 12.2 Å². The number of fused-ring (bicyclic) bond motifs is 5. The Kier molecular flexibility index (Phi) is 14.9. The quantitative estimate of drug-likeness (QED) is 0.101. The molecule has 276 valence electrons. The molecule has 0 aromatic rings. The molecular formula is C39H68N2O7. The Morgan fingerprint density at radius 2 is 1.58 bits per heavy atom. The second-order valence-electron chi connectivity index (χ2n) is 16.4. The second kappa shape index (κ2) is 18.4. The normalized spacial score (nSPS) is 32.3. The van der Waals surface area contributed by atoms with Crippen molar-refractivity contribution in [3.05, 3.63) is 11.6 Å². The molecule has 4 aliphatic rings. The summed E-state index contributed by atoms with van der Waals surface area (Å²) in [5, 5.41) is 14.3. The van der Waals surface area contributed by atoms with Crippen molar-refractivity contribution in [3.63, 3.8) is 0 Å². The van der Waals surface area contributed by atoms with Crippen LogP contribution < -0.4 is 10.6 Å². The second-order valence-corrected chi connectivity index (χ2v) is 16.4. The highest BCUT2D eigenvalue weighted by Crippen LogP contribution is 2.67. The van der Waals surface area contributed by atoms with Gasteiger partial charge in [-0.15, -0.1) is 0 Å². The van der Waals surface area contributed by atoms with Gasteiger partial charge in [-0.05, 0) is 98.2 Å². The number of hydrogen-bond donors (Lipinski definition) is 3. The van der Waals surface area contributed by atoms with Crippen LogP contribution >= 0.6 is 0 Å². The third kappa shape index (κ3) is 10.1. The van der Waals surface area contributed by atoms with Gasteiger partial charge in [-0.1, -0.05) is 65.5 Å². The molecule has 9 atom stereocenters. The van der Waals surface area contributed by atoms with Crippen LogP contribution in [0.3, 0.4) is 0 Å². The number of allylic oxidation sites excluding steroid dienone is 1. The molecule has 3 fully saturated rings. The summed E-state index contributed by atoms with van der Waals surface area (Å²) in [6, 6.07) is 0. The van der Waals surface area contributed by atoms with Crippen molar-refractivity contribution in [2.75, 3.05) is 46.1 Å². The maximum absolute atomic E-state index is 12.6. The lowest BCUT2D eigenvalue weighted by Gasteiger charge is -2.58. The average molecular weight is 677 g/mol. The summed E-state index contributed by atoms with van der Waals surface area (Å²) < 4.78 is 22.0. The van der Waals surface area contributed by atoms with E-state index >= 15 is 0 Å². The topological polar surface area (TPSA) is 115 Å². The van der Waals surface area contributed by atoms with Crippen molar-refractivity contribution in [2.24, 2.45) is 46.3 Å². The number of nitrogens with one attached hydrogen (secondary N) is 2. The van der Waals surface area contributed by atoms with Crippen LogP contribution in [-0.4, -0.2) is 75.6 Å². The van der Waals surface area contributed by atoms with Crippen LogP contribution in [0.2, 0.25) is 0 Å². The molecule has 9 nitrogen and oxygen atoms in total. The molecular weight excluding hydrogens is 608 g/mol. The Morgan fingerprint density at radius 1 is 0.875 bits per heavy atom. The minimum Gasteiger partial charge on any atom is -0.446 e. The van der Waals surface area contributed by atoms with E-state index in [9.17, 15) is 9.59 Å². The SMILES string of the molecule is CC(C)CCCC(C)C1CCC2C3CC=C4C[C@@H](OC(=O)NCCOCCOCCNC(=O)OC(C)CCO)CC[C@]4(C)C3CC[C@]12C. The summed E-state index contributed by atoms with van der Waals surface area (Å²) in [7, 11) is 0. The minimum atomic E-state index is -0.522. The molecule has 0 radical (unpaired) electrons. The van der Waals surface area contributed by atoms with Crippen LogP contribution in [0.5, 0.6) is 0 Å². The Balaban J connectivity index is 1.11. The zero-order valence-corrected chi connectivity index (χ0v) is 31.0. The molecule has 4 rings (SSSR count). The number of amides is 2. The van der Waals surface area contributed by atoms with Crippen LogP contribution in [0.15, 0.2) is 11.6 Å². The molecule has 9 heteroatoms. The average Bonchev–Trinajstić information content (AvgIpc) is 3.39. The van der Waals surface area contributed by atoms with Gasteiger partial charge >= 0.3 is 12.2 Å². The maximum Gasteiger partial charge on any atom is 0.407 e.